The van der Waals surface area contributed by atoms with Crippen molar-refractivity contribution in [3.05, 3.63) is 29.6 Å². The molecule has 90 valence electrons. The van der Waals surface area contributed by atoms with Gasteiger partial charge in [-0.25, -0.2) is 17.5 Å². The van der Waals surface area contributed by atoms with Crippen LogP contribution in [-0.2, 0) is 10.0 Å². The third kappa shape index (κ3) is 3.01. The van der Waals surface area contributed by atoms with Crippen molar-refractivity contribution >= 4 is 10.0 Å². The molecule has 0 saturated carbocycles. The van der Waals surface area contributed by atoms with Gasteiger partial charge in [0.05, 0.1) is 0 Å². The molecule has 0 bridgehead atoms. The predicted octanol–water partition coefficient (Wildman–Crippen LogP) is 0.632. The number of likely N-dealkylation sites (N-methyl/N-ethyl adjacent to an activating group) is 1. The summed E-state index contributed by atoms with van der Waals surface area (Å²) in [6, 6.07) is 4.30. The van der Waals surface area contributed by atoms with E-state index >= 15 is 0 Å². The minimum atomic E-state index is -3.75. The van der Waals surface area contributed by atoms with Gasteiger partial charge < -0.3 is 5.32 Å². The molecule has 0 amide bonds. The number of halogens is 1. The molecule has 0 aliphatic heterocycles. The van der Waals surface area contributed by atoms with Crippen LogP contribution in [0.25, 0.3) is 0 Å². The molecule has 2 N–H and O–H groups in total. The molecule has 0 spiro atoms. The van der Waals surface area contributed by atoms with Crippen molar-refractivity contribution in [2.45, 2.75) is 11.8 Å². The lowest BCUT2D eigenvalue weighted by Crippen LogP contribution is -2.31. The fourth-order valence-electron chi connectivity index (χ4n) is 1.22. The third-order valence-electron chi connectivity index (χ3n) is 2.11. The molecule has 16 heavy (non-hydrogen) atoms. The maximum absolute atomic E-state index is 13.6. The maximum atomic E-state index is 13.6. The van der Waals surface area contributed by atoms with Crippen molar-refractivity contribution in [3.8, 4) is 0 Å². The van der Waals surface area contributed by atoms with Crippen molar-refractivity contribution in [2.75, 3.05) is 20.1 Å². The average molecular weight is 246 g/mol. The van der Waals surface area contributed by atoms with Crippen LogP contribution in [0.4, 0.5) is 4.39 Å². The molecule has 0 saturated heterocycles. The Morgan fingerprint density at radius 3 is 2.62 bits per heavy atom. The Morgan fingerprint density at radius 2 is 2.00 bits per heavy atom. The maximum Gasteiger partial charge on any atom is 0.243 e. The van der Waals surface area contributed by atoms with E-state index in [1.807, 2.05) is 0 Å². The number of aryl methyl sites for hydroxylation is 1. The van der Waals surface area contributed by atoms with Crippen LogP contribution in [0, 0.1) is 12.7 Å². The Balaban J connectivity index is 2.94. The molecule has 1 aromatic carbocycles. The normalized spacial score (nSPS) is 11.7. The zero-order valence-electron chi connectivity index (χ0n) is 9.25. The first-order chi connectivity index (χ1) is 7.49. The topological polar surface area (TPSA) is 58.2 Å². The minimum Gasteiger partial charge on any atom is -0.318 e. The van der Waals surface area contributed by atoms with E-state index in [0.29, 0.717) is 12.1 Å². The SMILES string of the molecule is CNCCNS(=O)(=O)c1cccc(C)c1F. The number of nitrogens with one attached hydrogen (secondary N) is 2. The van der Waals surface area contributed by atoms with Crippen LogP contribution in [0.15, 0.2) is 23.1 Å². The van der Waals surface area contributed by atoms with Crippen molar-refractivity contribution in [3.63, 3.8) is 0 Å². The molecule has 1 aromatic rings. The predicted molar refractivity (Wildman–Crippen MR) is 60.3 cm³/mol. The number of sulfonamides is 1. The molecular formula is C10H15FN2O2S. The highest BCUT2D eigenvalue weighted by Gasteiger charge is 2.18. The largest absolute Gasteiger partial charge is 0.318 e. The first-order valence-corrected chi connectivity index (χ1v) is 6.36. The molecule has 1 rings (SSSR count). The van der Waals surface area contributed by atoms with E-state index in [4.69, 9.17) is 0 Å². The lowest BCUT2D eigenvalue weighted by molar-refractivity contribution is 0.552. The summed E-state index contributed by atoms with van der Waals surface area (Å²) in [5, 5.41) is 2.80. The van der Waals surface area contributed by atoms with Gasteiger partial charge in [-0.2, -0.15) is 0 Å². The monoisotopic (exact) mass is 246 g/mol. The summed E-state index contributed by atoms with van der Waals surface area (Å²) in [4.78, 5) is -0.302. The van der Waals surface area contributed by atoms with Crippen LogP contribution >= 0.6 is 0 Å². The van der Waals surface area contributed by atoms with Gasteiger partial charge in [-0.3, -0.25) is 0 Å². The van der Waals surface area contributed by atoms with Crippen LogP contribution < -0.4 is 10.0 Å². The molecule has 0 aromatic heterocycles. The smallest absolute Gasteiger partial charge is 0.243 e. The summed E-state index contributed by atoms with van der Waals surface area (Å²) in [6.07, 6.45) is 0. The minimum absolute atomic E-state index is 0.228. The van der Waals surface area contributed by atoms with Gasteiger partial charge in [-0.1, -0.05) is 12.1 Å². The molecular weight excluding hydrogens is 231 g/mol. The molecule has 6 heteroatoms. The summed E-state index contributed by atoms with van der Waals surface area (Å²) in [6.45, 7) is 2.25. The molecule has 0 aliphatic carbocycles. The molecule has 0 unspecified atom stereocenters. The number of hydrogen-bond acceptors (Lipinski definition) is 3. The summed E-state index contributed by atoms with van der Waals surface area (Å²) in [5.41, 5.74) is 0.316. The van der Waals surface area contributed by atoms with E-state index in [9.17, 15) is 12.8 Å². The first kappa shape index (κ1) is 13.1. The first-order valence-electron chi connectivity index (χ1n) is 4.88. The summed E-state index contributed by atoms with van der Waals surface area (Å²) >= 11 is 0. The number of benzene rings is 1. The van der Waals surface area contributed by atoms with Crippen molar-refractivity contribution in [1.82, 2.24) is 10.0 Å². The Morgan fingerprint density at radius 1 is 1.31 bits per heavy atom. The van der Waals surface area contributed by atoms with E-state index in [0.717, 1.165) is 0 Å². The van der Waals surface area contributed by atoms with Gasteiger partial charge in [0.25, 0.3) is 0 Å². The quantitative estimate of drug-likeness (QED) is 0.749. The van der Waals surface area contributed by atoms with Crippen molar-refractivity contribution in [2.24, 2.45) is 0 Å². The Hall–Kier alpha value is -0.980. The van der Waals surface area contributed by atoms with Gasteiger partial charge >= 0.3 is 0 Å². The molecule has 0 fully saturated rings. The van der Waals surface area contributed by atoms with E-state index in [-0.39, 0.29) is 11.4 Å². The van der Waals surface area contributed by atoms with Crippen LogP contribution in [0.1, 0.15) is 5.56 Å². The van der Waals surface area contributed by atoms with Crippen LogP contribution in [0.3, 0.4) is 0 Å². The van der Waals surface area contributed by atoms with Crippen molar-refractivity contribution < 1.29 is 12.8 Å². The lowest BCUT2D eigenvalue weighted by atomic mass is 10.2. The molecule has 0 aliphatic rings. The fourth-order valence-corrected chi connectivity index (χ4v) is 2.40. The van der Waals surface area contributed by atoms with E-state index in [1.54, 1.807) is 7.05 Å². The van der Waals surface area contributed by atoms with Gasteiger partial charge in [-0.05, 0) is 25.6 Å². The molecule has 0 atom stereocenters. The number of hydrogen-bond donors (Lipinski definition) is 2. The molecule has 0 radical (unpaired) electrons. The van der Waals surface area contributed by atoms with Gasteiger partial charge in [0.2, 0.25) is 10.0 Å². The lowest BCUT2D eigenvalue weighted by Gasteiger charge is -2.08. The average Bonchev–Trinajstić information content (AvgIpc) is 2.22. The van der Waals surface area contributed by atoms with Crippen LogP contribution in [0.2, 0.25) is 0 Å². The van der Waals surface area contributed by atoms with Gasteiger partial charge in [0, 0.05) is 13.1 Å². The zero-order valence-corrected chi connectivity index (χ0v) is 10.1. The Labute approximate surface area is 94.9 Å². The molecule has 4 nitrogen and oxygen atoms in total. The second-order valence-electron chi connectivity index (χ2n) is 3.39. The standard InChI is InChI=1S/C10H15FN2O2S/c1-8-4-3-5-9(10(8)11)16(14,15)13-7-6-12-2/h3-5,12-13H,6-7H2,1-2H3. The highest BCUT2D eigenvalue weighted by atomic mass is 32.2. The summed E-state index contributed by atoms with van der Waals surface area (Å²) in [7, 11) is -2.04. The van der Waals surface area contributed by atoms with E-state index < -0.39 is 15.8 Å². The third-order valence-corrected chi connectivity index (χ3v) is 3.59. The second kappa shape index (κ2) is 5.38. The highest BCUT2D eigenvalue weighted by molar-refractivity contribution is 7.89. The Kier molecular flexibility index (Phi) is 4.40. The van der Waals surface area contributed by atoms with Gasteiger partial charge in [-0.15, -0.1) is 0 Å². The van der Waals surface area contributed by atoms with Crippen LogP contribution in [0.5, 0.6) is 0 Å². The van der Waals surface area contributed by atoms with E-state index in [2.05, 4.69) is 10.0 Å². The summed E-state index contributed by atoms with van der Waals surface area (Å²) in [5.74, 6) is -0.695. The van der Waals surface area contributed by atoms with Gasteiger partial charge in [0.1, 0.15) is 10.7 Å². The molecule has 0 heterocycles. The van der Waals surface area contributed by atoms with Crippen LogP contribution in [-0.4, -0.2) is 28.6 Å². The summed E-state index contributed by atoms with van der Waals surface area (Å²) < 4.78 is 39.3. The Bertz CT molecular complexity index is 460. The van der Waals surface area contributed by atoms with Gasteiger partial charge in [0.15, 0.2) is 0 Å². The zero-order chi connectivity index (χ0) is 12.2. The highest BCUT2D eigenvalue weighted by Crippen LogP contribution is 2.16. The van der Waals surface area contributed by atoms with E-state index in [1.165, 1.54) is 25.1 Å². The van der Waals surface area contributed by atoms with Crippen molar-refractivity contribution in [1.29, 1.82) is 0 Å². The fraction of sp³-hybridized carbons (Fsp3) is 0.400. The second-order valence-corrected chi connectivity index (χ2v) is 5.12. The number of rotatable bonds is 5.